The monoisotopic (exact) mass is 389 g/mol. The molecule has 146 valence electrons. The maximum Gasteiger partial charge on any atom is 0.222 e. The Hall–Kier alpha value is -3.74. The highest BCUT2D eigenvalue weighted by Gasteiger charge is 2.14. The van der Waals surface area contributed by atoms with Gasteiger partial charge in [0.05, 0.1) is 6.20 Å². The first-order valence-electron chi connectivity index (χ1n) is 9.33. The topological polar surface area (TPSA) is 71.3 Å². The fourth-order valence-corrected chi connectivity index (χ4v) is 3.10. The number of nitrogens with one attached hydrogen (secondary N) is 2. The fraction of sp³-hybridized carbons (Fsp3) is 0.136. The largest absolute Gasteiger partial charge is 0.369 e. The molecule has 0 aliphatic rings. The van der Waals surface area contributed by atoms with Gasteiger partial charge in [-0.25, -0.2) is 9.37 Å². The summed E-state index contributed by atoms with van der Waals surface area (Å²) in [5.41, 5.74) is 3.24. The van der Waals surface area contributed by atoms with E-state index in [-0.39, 0.29) is 18.1 Å². The molecule has 0 aliphatic carbocycles. The molecule has 4 rings (SSSR count). The highest BCUT2D eigenvalue weighted by Crippen LogP contribution is 2.28. The van der Waals surface area contributed by atoms with E-state index in [1.54, 1.807) is 24.5 Å². The number of halogens is 1. The van der Waals surface area contributed by atoms with Crippen LogP contribution in [0.5, 0.6) is 0 Å². The minimum absolute atomic E-state index is 0.112. The van der Waals surface area contributed by atoms with Gasteiger partial charge in [-0.05, 0) is 17.7 Å². The third kappa shape index (κ3) is 4.40. The van der Waals surface area contributed by atoms with Gasteiger partial charge in [-0.15, -0.1) is 0 Å². The molecule has 7 heteroatoms. The van der Waals surface area contributed by atoms with Crippen LogP contribution in [-0.2, 0) is 11.3 Å². The van der Waals surface area contributed by atoms with E-state index in [9.17, 15) is 9.18 Å². The maximum absolute atomic E-state index is 13.2. The number of aromatic nitrogens is 3. The van der Waals surface area contributed by atoms with Crippen LogP contribution < -0.4 is 10.6 Å². The lowest BCUT2D eigenvalue weighted by Gasteiger charge is -2.09. The van der Waals surface area contributed by atoms with Gasteiger partial charge in [0.2, 0.25) is 5.91 Å². The summed E-state index contributed by atoms with van der Waals surface area (Å²) < 4.78 is 15.1. The minimum atomic E-state index is -0.311. The van der Waals surface area contributed by atoms with E-state index in [1.807, 2.05) is 40.9 Å². The number of hydrogen-bond donors (Lipinski definition) is 2. The lowest BCUT2D eigenvalue weighted by Crippen LogP contribution is -2.25. The average molecular weight is 389 g/mol. The van der Waals surface area contributed by atoms with E-state index in [1.165, 1.54) is 12.1 Å². The van der Waals surface area contributed by atoms with Crippen molar-refractivity contribution < 1.29 is 9.18 Å². The molecule has 2 aromatic heterocycles. The van der Waals surface area contributed by atoms with Crippen molar-refractivity contribution in [2.24, 2.45) is 0 Å². The molecule has 2 heterocycles. The van der Waals surface area contributed by atoms with Gasteiger partial charge in [-0.2, -0.15) is 0 Å². The van der Waals surface area contributed by atoms with Crippen LogP contribution in [0, 0.1) is 5.82 Å². The maximum atomic E-state index is 13.2. The average Bonchev–Trinajstić information content (AvgIpc) is 3.12. The zero-order valence-electron chi connectivity index (χ0n) is 15.7. The van der Waals surface area contributed by atoms with E-state index in [2.05, 4.69) is 20.6 Å². The molecular weight excluding hydrogens is 369 g/mol. The SMILES string of the molecule is O=C(CCNc1c(-c2ccccc2)nc2cnccn12)NCc1cccc(F)c1. The third-order valence-corrected chi connectivity index (χ3v) is 4.50. The van der Waals surface area contributed by atoms with Crippen molar-refractivity contribution in [3.63, 3.8) is 0 Å². The Balaban J connectivity index is 1.42. The van der Waals surface area contributed by atoms with Crippen molar-refractivity contribution in [2.75, 3.05) is 11.9 Å². The highest BCUT2D eigenvalue weighted by atomic mass is 19.1. The van der Waals surface area contributed by atoms with Crippen LogP contribution in [-0.4, -0.2) is 26.8 Å². The van der Waals surface area contributed by atoms with Gasteiger partial charge in [0.15, 0.2) is 5.65 Å². The smallest absolute Gasteiger partial charge is 0.222 e. The molecule has 0 atom stereocenters. The van der Waals surface area contributed by atoms with E-state index < -0.39 is 0 Å². The van der Waals surface area contributed by atoms with Crippen molar-refractivity contribution in [2.45, 2.75) is 13.0 Å². The number of anilines is 1. The van der Waals surface area contributed by atoms with Crippen LogP contribution in [0.3, 0.4) is 0 Å². The predicted octanol–water partition coefficient (Wildman–Crippen LogP) is 3.65. The van der Waals surface area contributed by atoms with Crippen LogP contribution >= 0.6 is 0 Å². The number of rotatable bonds is 7. The first kappa shape index (κ1) is 18.6. The van der Waals surface area contributed by atoms with E-state index in [0.29, 0.717) is 13.1 Å². The number of carbonyl (C=O) groups excluding carboxylic acids is 1. The number of fused-ring (bicyclic) bond motifs is 1. The van der Waals surface area contributed by atoms with Gasteiger partial charge in [0.25, 0.3) is 0 Å². The van der Waals surface area contributed by atoms with E-state index in [0.717, 1.165) is 28.3 Å². The van der Waals surface area contributed by atoms with Crippen molar-refractivity contribution in [1.29, 1.82) is 0 Å². The van der Waals surface area contributed by atoms with Crippen LogP contribution in [0.4, 0.5) is 10.2 Å². The second-order valence-electron chi connectivity index (χ2n) is 6.56. The molecule has 0 spiro atoms. The zero-order valence-corrected chi connectivity index (χ0v) is 15.7. The minimum Gasteiger partial charge on any atom is -0.369 e. The Kier molecular flexibility index (Phi) is 5.47. The third-order valence-electron chi connectivity index (χ3n) is 4.50. The number of hydrogen-bond acceptors (Lipinski definition) is 4. The molecule has 1 amide bonds. The van der Waals surface area contributed by atoms with Crippen molar-refractivity contribution in [3.8, 4) is 11.3 Å². The molecule has 0 fully saturated rings. The lowest BCUT2D eigenvalue weighted by atomic mass is 10.1. The van der Waals surface area contributed by atoms with Gasteiger partial charge in [-0.1, -0.05) is 42.5 Å². The van der Waals surface area contributed by atoms with E-state index in [4.69, 9.17) is 0 Å². The Labute approximate surface area is 167 Å². The Morgan fingerprint density at radius 3 is 2.79 bits per heavy atom. The first-order chi connectivity index (χ1) is 14.2. The fourth-order valence-electron chi connectivity index (χ4n) is 3.10. The van der Waals surface area contributed by atoms with Crippen molar-refractivity contribution in [1.82, 2.24) is 19.7 Å². The molecule has 0 aliphatic heterocycles. The Morgan fingerprint density at radius 2 is 1.97 bits per heavy atom. The summed E-state index contributed by atoms with van der Waals surface area (Å²) in [6.07, 6.45) is 5.51. The lowest BCUT2D eigenvalue weighted by molar-refractivity contribution is -0.121. The zero-order chi connectivity index (χ0) is 20.1. The van der Waals surface area contributed by atoms with Crippen LogP contribution in [0.15, 0.2) is 73.2 Å². The molecule has 2 aromatic carbocycles. The molecule has 29 heavy (non-hydrogen) atoms. The van der Waals surface area contributed by atoms with Gasteiger partial charge < -0.3 is 10.6 Å². The van der Waals surface area contributed by atoms with Gasteiger partial charge in [0.1, 0.15) is 17.3 Å². The standard InChI is InChI=1S/C22H20FN5O/c23-18-8-4-5-16(13-18)14-26-20(29)9-10-25-22-21(17-6-2-1-3-7-17)27-19-15-24-11-12-28(19)22/h1-8,11-13,15,25H,9-10,14H2,(H,26,29). The number of carbonyl (C=O) groups is 1. The summed E-state index contributed by atoms with van der Waals surface area (Å²) in [6, 6.07) is 16.1. The van der Waals surface area contributed by atoms with Gasteiger partial charge >= 0.3 is 0 Å². The van der Waals surface area contributed by atoms with Crippen LogP contribution in [0.1, 0.15) is 12.0 Å². The predicted molar refractivity (Wildman–Crippen MR) is 110 cm³/mol. The molecule has 0 radical (unpaired) electrons. The Morgan fingerprint density at radius 1 is 1.10 bits per heavy atom. The quantitative estimate of drug-likeness (QED) is 0.506. The molecular formula is C22H20FN5O. The van der Waals surface area contributed by atoms with Crippen molar-refractivity contribution in [3.05, 3.63) is 84.6 Å². The molecule has 6 nitrogen and oxygen atoms in total. The second kappa shape index (κ2) is 8.52. The summed E-state index contributed by atoms with van der Waals surface area (Å²) in [6.45, 7) is 0.734. The first-order valence-corrected chi connectivity index (χ1v) is 9.33. The highest BCUT2D eigenvalue weighted by molar-refractivity contribution is 5.78. The number of amides is 1. The summed E-state index contributed by atoms with van der Waals surface area (Å²) >= 11 is 0. The van der Waals surface area contributed by atoms with Gasteiger partial charge in [-0.3, -0.25) is 14.2 Å². The molecule has 0 bridgehead atoms. The molecule has 0 saturated heterocycles. The summed E-state index contributed by atoms with van der Waals surface area (Å²) in [5.74, 6) is 0.388. The summed E-state index contributed by atoms with van der Waals surface area (Å²) in [5, 5.41) is 6.14. The number of benzene rings is 2. The molecule has 0 saturated carbocycles. The van der Waals surface area contributed by atoms with Gasteiger partial charge in [0, 0.05) is 37.5 Å². The second-order valence-corrected chi connectivity index (χ2v) is 6.56. The molecule has 4 aromatic rings. The summed E-state index contributed by atoms with van der Waals surface area (Å²) in [7, 11) is 0. The summed E-state index contributed by atoms with van der Waals surface area (Å²) in [4.78, 5) is 21.0. The molecule has 2 N–H and O–H groups in total. The number of imidazole rings is 1. The van der Waals surface area contributed by atoms with Crippen LogP contribution in [0.25, 0.3) is 16.9 Å². The van der Waals surface area contributed by atoms with E-state index >= 15 is 0 Å². The van der Waals surface area contributed by atoms with Crippen LogP contribution in [0.2, 0.25) is 0 Å². The molecule has 0 unspecified atom stereocenters. The Bertz CT molecular complexity index is 1130. The normalized spacial score (nSPS) is 10.8. The number of nitrogens with zero attached hydrogens (tertiary/aromatic N) is 3. The van der Waals surface area contributed by atoms with Crippen molar-refractivity contribution >= 4 is 17.4 Å².